The number of amides is 1. The van der Waals surface area contributed by atoms with E-state index in [-0.39, 0.29) is 5.91 Å². The van der Waals surface area contributed by atoms with Gasteiger partial charge in [-0.3, -0.25) is 9.69 Å². The van der Waals surface area contributed by atoms with Gasteiger partial charge in [-0.2, -0.15) is 13.2 Å². The Morgan fingerprint density at radius 1 is 1.14 bits per heavy atom. The molecule has 0 radical (unpaired) electrons. The fourth-order valence-electron chi connectivity index (χ4n) is 4.18. The summed E-state index contributed by atoms with van der Waals surface area (Å²) < 4.78 is 38.7. The minimum atomic E-state index is -4.30. The molecule has 2 aliphatic heterocycles. The summed E-state index contributed by atoms with van der Waals surface area (Å²) in [6.07, 6.45) is -0.735. The molecule has 2 fully saturated rings. The highest BCUT2D eigenvalue weighted by Gasteiger charge is 2.30. The Morgan fingerprint density at radius 3 is 2.61 bits per heavy atom. The molecule has 4 nitrogen and oxygen atoms in total. The van der Waals surface area contributed by atoms with Crippen molar-refractivity contribution in [3.8, 4) is 0 Å². The van der Waals surface area contributed by atoms with Crippen molar-refractivity contribution in [1.29, 1.82) is 0 Å². The predicted molar refractivity (Wildman–Crippen MR) is 103 cm³/mol. The third-order valence-corrected chi connectivity index (χ3v) is 5.89. The van der Waals surface area contributed by atoms with Gasteiger partial charge in [0.05, 0.1) is 5.56 Å². The zero-order valence-electron chi connectivity index (χ0n) is 16.5. The zero-order chi connectivity index (χ0) is 20.1. The molecule has 1 atom stereocenters. The van der Waals surface area contributed by atoms with Crippen molar-refractivity contribution < 1.29 is 18.0 Å². The maximum Gasteiger partial charge on any atom is 0.416 e. The van der Waals surface area contributed by atoms with Crippen LogP contribution >= 0.6 is 0 Å². The fourth-order valence-corrected chi connectivity index (χ4v) is 4.18. The molecule has 2 heterocycles. The lowest BCUT2D eigenvalue weighted by Crippen LogP contribution is -2.47. The van der Waals surface area contributed by atoms with E-state index in [4.69, 9.17) is 0 Å². The first-order valence-electron chi connectivity index (χ1n) is 10.2. The quantitative estimate of drug-likeness (QED) is 0.761. The molecule has 0 aromatic heterocycles. The summed E-state index contributed by atoms with van der Waals surface area (Å²) in [5, 5.41) is 0. The fraction of sp³-hybridized carbons (Fsp3) is 0.667. The second-order valence-corrected chi connectivity index (χ2v) is 8.16. The summed E-state index contributed by atoms with van der Waals surface area (Å²) in [6.45, 7) is 5.77. The molecule has 1 aromatic carbocycles. The zero-order valence-corrected chi connectivity index (χ0v) is 16.5. The number of piperazine rings is 1. The molecule has 28 heavy (non-hydrogen) atoms. The number of piperidine rings is 1. The Labute approximate surface area is 165 Å². The van der Waals surface area contributed by atoms with E-state index in [0.29, 0.717) is 24.4 Å². The predicted octanol–water partition coefficient (Wildman–Crippen LogP) is 3.47. The van der Waals surface area contributed by atoms with E-state index in [9.17, 15) is 18.0 Å². The number of likely N-dealkylation sites (tertiary alicyclic amines) is 1. The number of carbonyl (C=O) groups excluding carboxylic acids is 1. The lowest BCUT2D eigenvalue weighted by Gasteiger charge is -2.34. The Bertz CT molecular complexity index is 657. The number of alkyl halides is 3. The summed E-state index contributed by atoms with van der Waals surface area (Å²) in [5.74, 6) is 0.680. The molecule has 7 heteroatoms. The average molecular weight is 397 g/mol. The third kappa shape index (κ3) is 5.95. The van der Waals surface area contributed by atoms with E-state index < -0.39 is 11.7 Å². The van der Waals surface area contributed by atoms with Crippen LogP contribution in [0.2, 0.25) is 0 Å². The van der Waals surface area contributed by atoms with E-state index in [2.05, 4.69) is 16.8 Å². The van der Waals surface area contributed by atoms with E-state index >= 15 is 0 Å². The topological polar surface area (TPSA) is 26.8 Å². The number of hydrogen-bond donors (Lipinski definition) is 0. The molecule has 1 amide bonds. The van der Waals surface area contributed by atoms with Gasteiger partial charge in [-0.1, -0.05) is 18.2 Å². The van der Waals surface area contributed by atoms with Gasteiger partial charge in [0.1, 0.15) is 0 Å². The van der Waals surface area contributed by atoms with Gasteiger partial charge in [0, 0.05) is 45.7 Å². The number of carbonyl (C=O) groups is 1. The highest BCUT2D eigenvalue weighted by Crippen LogP contribution is 2.30. The van der Waals surface area contributed by atoms with Gasteiger partial charge in [0.15, 0.2) is 0 Å². The lowest BCUT2D eigenvalue weighted by molar-refractivity contribution is -0.137. The largest absolute Gasteiger partial charge is 0.416 e. The summed E-state index contributed by atoms with van der Waals surface area (Å²) >= 11 is 0. The van der Waals surface area contributed by atoms with Crippen molar-refractivity contribution in [2.75, 3.05) is 46.3 Å². The number of likely N-dealkylation sites (N-methyl/N-ethyl adjacent to an activating group) is 1. The molecule has 0 bridgehead atoms. The number of rotatable bonds is 5. The van der Waals surface area contributed by atoms with Gasteiger partial charge in [-0.15, -0.1) is 0 Å². The standard InChI is InChI=1S/C21H30F3N3O/c1-25-10-12-27(13-11-25)20(28)8-7-17-5-3-9-26(15-17)16-18-4-2-6-19(14-18)21(22,23)24/h2,4,6,14,17H,3,5,7-13,15-16H2,1H3/t17-/m1/s1. The minimum Gasteiger partial charge on any atom is -0.340 e. The number of hydrogen-bond acceptors (Lipinski definition) is 3. The molecular formula is C21H30F3N3O. The van der Waals surface area contributed by atoms with Gasteiger partial charge < -0.3 is 9.80 Å². The minimum absolute atomic E-state index is 0.239. The van der Waals surface area contributed by atoms with Crippen LogP contribution in [0.1, 0.15) is 36.8 Å². The monoisotopic (exact) mass is 397 g/mol. The number of benzene rings is 1. The average Bonchev–Trinajstić information content (AvgIpc) is 2.66. The highest BCUT2D eigenvalue weighted by atomic mass is 19.4. The maximum absolute atomic E-state index is 12.9. The Morgan fingerprint density at radius 2 is 1.89 bits per heavy atom. The van der Waals surface area contributed by atoms with E-state index in [1.807, 2.05) is 4.90 Å². The van der Waals surface area contributed by atoms with Crippen LogP contribution in [0.25, 0.3) is 0 Å². The molecule has 156 valence electrons. The lowest BCUT2D eigenvalue weighted by atomic mass is 9.92. The van der Waals surface area contributed by atoms with Gasteiger partial charge in [0.2, 0.25) is 5.91 Å². The van der Waals surface area contributed by atoms with Crippen molar-refractivity contribution in [3.63, 3.8) is 0 Å². The van der Waals surface area contributed by atoms with Crippen LogP contribution in [0.4, 0.5) is 13.2 Å². The van der Waals surface area contributed by atoms with Crippen LogP contribution in [0.15, 0.2) is 24.3 Å². The van der Waals surface area contributed by atoms with Crippen LogP contribution in [0.3, 0.4) is 0 Å². The molecule has 0 N–H and O–H groups in total. The second-order valence-electron chi connectivity index (χ2n) is 8.16. The maximum atomic E-state index is 12.9. The van der Waals surface area contributed by atoms with Gasteiger partial charge in [-0.25, -0.2) is 0 Å². The first kappa shape index (κ1) is 21.1. The molecule has 2 saturated heterocycles. The molecule has 2 aliphatic rings. The van der Waals surface area contributed by atoms with Gasteiger partial charge >= 0.3 is 6.18 Å². The number of nitrogens with zero attached hydrogens (tertiary/aromatic N) is 3. The van der Waals surface area contributed by atoms with Crippen LogP contribution in [-0.4, -0.2) is 66.9 Å². The molecule has 0 unspecified atom stereocenters. The molecule has 3 rings (SSSR count). The molecule has 1 aromatic rings. The summed E-state index contributed by atoms with van der Waals surface area (Å²) in [5.41, 5.74) is 0.111. The van der Waals surface area contributed by atoms with Gasteiger partial charge in [-0.05, 0) is 50.4 Å². The van der Waals surface area contributed by atoms with Crippen molar-refractivity contribution >= 4 is 5.91 Å². The molecule has 0 spiro atoms. The summed E-state index contributed by atoms with van der Waals surface area (Å²) in [7, 11) is 2.07. The Balaban J connectivity index is 1.47. The van der Waals surface area contributed by atoms with Crippen molar-refractivity contribution in [2.45, 2.75) is 38.4 Å². The van der Waals surface area contributed by atoms with E-state index in [1.54, 1.807) is 6.07 Å². The second kappa shape index (κ2) is 9.27. The third-order valence-electron chi connectivity index (χ3n) is 5.89. The smallest absolute Gasteiger partial charge is 0.340 e. The van der Waals surface area contributed by atoms with E-state index in [1.165, 1.54) is 12.1 Å². The summed E-state index contributed by atoms with van der Waals surface area (Å²) in [4.78, 5) is 18.9. The van der Waals surface area contributed by atoms with Crippen LogP contribution in [-0.2, 0) is 17.5 Å². The van der Waals surface area contributed by atoms with Crippen LogP contribution in [0.5, 0.6) is 0 Å². The first-order valence-corrected chi connectivity index (χ1v) is 10.2. The summed E-state index contributed by atoms with van der Waals surface area (Å²) in [6, 6.07) is 5.61. The van der Waals surface area contributed by atoms with Crippen LogP contribution < -0.4 is 0 Å². The SMILES string of the molecule is CN1CCN(C(=O)CC[C@H]2CCCN(Cc3cccc(C(F)(F)F)c3)C2)CC1. The van der Waals surface area contributed by atoms with Crippen molar-refractivity contribution in [3.05, 3.63) is 35.4 Å². The van der Waals surface area contributed by atoms with Crippen molar-refractivity contribution in [1.82, 2.24) is 14.7 Å². The van der Waals surface area contributed by atoms with Crippen LogP contribution in [0, 0.1) is 5.92 Å². The normalized spacial score (nSPS) is 22.4. The van der Waals surface area contributed by atoms with Gasteiger partial charge in [0.25, 0.3) is 0 Å². The highest BCUT2D eigenvalue weighted by molar-refractivity contribution is 5.76. The molecule has 0 saturated carbocycles. The van der Waals surface area contributed by atoms with E-state index in [0.717, 1.165) is 64.6 Å². The van der Waals surface area contributed by atoms with Crippen molar-refractivity contribution in [2.24, 2.45) is 5.92 Å². The Hall–Kier alpha value is -1.60. The molecular weight excluding hydrogens is 367 g/mol. The molecule has 0 aliphatic carbocycles. The Kier molecular flexibility index (Phi) is 6.99. The first-order chi connectivity index (χ1) is 13.3. The number of halogens is 3.